The largest absolute Gasteiger partial charge is 0.338 e. The Hall–Kier alpha value is -0.580. The van der Waals surface area contributed by atoms with Crippen LogP contribution in [0.4, 0.5) is 0 Å². The van der Waals surface area contributed by atoms with Crippen molar-refractivity contribution in [1.82, 2.24) is 10.2 Å². The van der Waals surface area contributed by atoms with E-state index in [-0.39, 0.29) is 5.91 Å². The van der Waals surface area contributed by atoms with Gasteiger partial charge in [-0.2, -0.15) is 0 Å². The number of carbonyl (C=O) groups excluding carboxylic acids is 1. The van der Waals surface area contributed by atoms with Crippen LogP contribution < -0.4 is 5.32 Å². The molecule has 2 fully saturated rings. The van der Waals surface area contributed by atoms with Crippen LogP contribution in [0.25, 0.3) is 0 Å². The topological polar surface area (TPSA) is 32.3 Å². The highest BCUT2D eigenvalue weighted by atomic mass is 35.5. The molecule has 1 aromatic rings. The van der Waals surface area contributed by atoms with Crippen molar-refractivity contribution in [3.8, 4) is 0 Å². The van der Waals surface area contributed by atoms with Crippen molar-refractivity contribution in [3.05, 3.63) is 21.3 Å². The van der Waals surface area contributed by atoms with Gasteiger partial charge in [-0.25, -0.2) is 0 Å². The molecule has 18 heavy (non-hydrogen) atoms. The van der Waals surface area contributed by atoms with E-state index in [4.69, 9.17) is 11.6 Å². The van der Waals surface area contributed by atoms with Crippen LogP contribution >= 0.6 is 22.9 Å². The molecular formula is C13H17ClN2OS. The molecule has 0 radical (unpaired) electrons. The molecule has 0 aromatic carbocycles. The van der Waals surface area contributed by atoms with E-state index in [2.05, 4.69) is 5.32 Å². The fourth-order valence-corrected chi connectivity index (χ4v) is 4.02. The Bertz CT molecular complexity index is 434. The van der Waals surface area contributed by atoms with Crippen LogP contribution in [0.15, 0.2) is 12.1 Å². The van der Waals surface area contributed by atoms with E-state index in [0.29, 0.717) is 4.34 Å². The molecule has 2 aliphatic heterocycles. The molecule has 1 N–H and O–H groups in total. The first-order chi connectivity index (χ1) is 8.74. The summed E-state index contributed by atoms with van der Waals surface area (Å²) < 4.78 is 0.689. The molecule has 1 aromatic heterocycles. The summed E-state index contributed by atoms with van der Waals surface area (Å²) in [6, 6.07) is 3.64. The number of rotatable bonds is 1. The molecule has 3 rings (SSSR count). The number of halogens is 1. The fraction of sp³-hybridized carbons (Fsp3) is 0.615. The predicted octanol–water partition coefficient (Wildman–Crippen LogP) is 2.47. The van der Waals surface area contributed by atoms with Gasteiger partial charge in [0.05, 0.1) is 9.21 Å². The van der Waals surface area contributed by atoms with Crippen molar-refractivity contribution in [1.29, 1.82) is 0 Å². The average Bonchev–Trinajstić information content (AvgIpc) is 2.94. The molecule has 0 aliphatic carbocycles. The van der Waals surface area contributed by atoms with Gasteiger partial charge in [-0.05, 0) is 49.9 Å². The number of fused-ring (bicyclic) bond motifs is 1. The Kier molecular flexibility index (Phi) is 3.59. The molecule has 2 aliphatic rings. The Morgan fingerprint density at radius 1 is 1.28 bits per heavy atom. The summed E-state index contributed by atoms with van der Waals surface area (Å²) in [5.74, 6) is 1.67. The highest BCUT2D eigenvalue weighted by molar-refractivity contribution is 7.17. The van der Waals surface area contributed by atoms with Gasteiger partial charge in [0, 0.05) is 13.1 Å². The lowest BCUT2D eigenvalue weighted by Gasteiger charge is -2.20. The van der Waals surface area contributed by atoms with Crippen LogP contribution in [0.1, 0.15) is 22.5 Å². The summed E-state index contributed by atoms with van der Waals surface area (Å²) in [5.41, 5.74) is 0. The highest BCUT2D eigenvalue weighted by Crippen LogP contribution is 2.29. The fourth-order valence-electron chi connectivity index (χ4n) is 3.01. The molecule has 5 heteroatoms. The van der Waals surface area contributed by atoms with Crippen molar-refractivity contribution >= 4 is 28.8 Å². The summed E-state index contributed by atoms with van der Waals surface area (Å²) in [4.78, 5) is 15.1. The Morgan fingerprint density at radius 2 is 1.94 bits per heavy atom. The number of hydrogen-bond acceptors (Lipinski definition) is 3. The Morgan fingerprint density at radius 3 is 2.50 bits per heavy atom. The number of nitrogens with one attached hydrogen (secondary N) is 1. The van der Waals surface area contributed by atoms with Gasteiger partial charge in [-0.15, -0.1) is 11.3 Å². The molecule has 0 saturated carbocycles. The van der Waals surface area contributed by atoms with Crippen LogP contribution in [0.3, 0.4) is 0 Å². The van der Waals surface area contributed by atoms with Crippen molar-refractivity contribution in [2.75, 3.05) is 26.2 Å². The summed E-state index contributed by atoms with van der Waals surface area (Å²) in [5, 5.41) is 3.45. The number of likely N-dealkylation sites (tertiary alicyclic amines) is 1. The molecule has 1 amide bonds. The van der Waals surface area contributed by atoms with Gasteiger partial charge in [-0.1, -0.05) is 11.6 Å². The van der Waals surface area contributed by atoms with Gasteiger partial charge < -0.3 is 10.2 Å². The summed E-state index contributed by atoms with van der Waals surface area (Å²) >= 11 is 7.27. The molecule has 2 atom stereocenters. The second-order valence-corrected chi connectivity index (χ2v) is 6.87. The molecule has 3 heterocycles. The van der Waals surface area contributed by atoms with Crippen molar-refractivity contribution in [3.63, 3.8) is 0 Å². The minimum atomic E-state index is 0.153. The van der Waals surface area contributed by atoms with Gasteiger partial charge in [0.25, 0.3) is 5.91 Å². The normalized spacial score (nSPS) is 27.9. The van der Waals surface area contributed by atoms with E-state index < -0.39 is 0 Å². The first-order valence-electron chi connectivity index (χ1n) is 6.49. The maximum absolute atomic E-state index is 12.3. The first-order valence-corrected chi connectivity index (χ1v) is 7.69. The van der Waals surface area contributed by atoms with Crippen LogP contribution in [0, 0.1) is 11.8 Å². The van der Waals surface area contributed by atoms with Gasteiger partial charge >= 0.3 is 0 Å². The number of carbonyl (C=O) groups is 1. The van der Waals surface area contributed by atoms with Gasteiger partial charge in [0.2, 0.25) is 0 Å². The Balaban J connectivity index is 1.68. The number of thiophene rings is 1. The van der Waals surface area contributed by atoms with Gasteiger partial charge in [-0.3, -0.25) is 4.79 Å². The summed E-state index contributed by atoms with van der Waals surface area (Å²) in [6.07, 6.45) is 2.25. The molecule has 3 nitrogen and oxygen atoms in total. The van der Waals surface area contributed by atoms with Crippen LogP contribution in [-0.4, -0.2) is 37.0 Å². The second-order valence-electron chi connectivity index (χ2n) is 5.15. The molecular weight excluding hydrogens is 268 g/mol. The highest BCUT2D eigenvalue weighted by Gasteiger charge is 2.31. The smallest absolute Gasteiger partial charge is 0.263 e. The third-order valence-corrected chi connectivity index (χ3v) is 5.31. The third kappa shape index (κ3) is 2.42. The molecule has 0 bridgehead atoms. The minimum Gasteiger partial charge on any atom is -0.338 e. The summed E-state index contributed by atoms with van der Waals surface area (Å²) in [7, 11) is 0. The monoisotopic (exact) mass is 284 g/mol. The molecule has 2 saturated heterocycles. The predicted molar refractivity (Wildman–Crippen MR) is 74.3 cm³/mol. The lowest BCUT2D eigenvalue weighted by Crippen LogP contribution is -2.32. The van der Waals surface area contributed by atoms with E-state index in [1.165, 1.54) is 11.3 Å². The lowest BCUT2D eigenvalue weighted by molar-refractivity contribution is 0.0763. The molecule has 98 valence electrons. The van der Waals surface area contributed by atoms with Crippen LogP contribution in [-0.2, 0) is 0 Å². The summed E-state index contributed by atoms with van der Waals surface area (Å²) in [6.45, 7) is 4.02. The lowest BCUT2D eigenvalue weighted by atomic mass is 9.92. The van der Waals surface area contributed by atoms with E-state index in [9.17, 15) is 4.79 Å². The molecule has 0 unspecified atom stereocenters. The number of amides is 1. The zero-order valence-electron chi connectivity index (χ0n) is 10.2. The maximum Gasteiger partial charge on any atom is 0.263 e. The van der Waals surface area contributed by atoms with Gasteiger partial charge in [0.1, 0.15) is 0 Å². The van der Waals surface area contributed by atoms with Crippen molar-refractivity contribution in [2.45, 2.75) is 12.8 Å². The van der Waals surface area contributed by atoms with E-state index in [1.54, 1.807) is 6.07 Å². The minimum absolute atomic E-state index is 0.153. The SMILES string of the molecule is O=C(c1ccc(Cl)s1)N1CC[C@@H]2CNC[C@@H]2CC1. The number of hydrogen-bond donors (Lipinski definition) is 1. The second kappa shape index (κ2) is 5.19. The quantitative estimate of drug-likeness (QED) is 0.859. The zero-order valence-corrected chi connectivity index (χ0v) is 11.8. The number of nitrogens with zero attached hydrogens (tertiary/aromatic N) is 1. The third-order valence-electron chi connectivity index (χ3n) is 4.09. The van der Waals surface area contributed by atoms with Gasteiger partial charge in [0.15, 0.2) is 0 Å². The van der Waals surface area contributed by atoms with E-state index in [0.717, 1.165) is 55.7 Å². The first kappa shape index (κ1) is 12.5. The maximum atomic E-state index is 12.3. The zero-order chi connectivity index (χ0) is 12.5. The average molecular weight is 285 g/mol. The van der Waals surface area contributed by atoms with Crippen LogP contribution in [0.5, 0.6) is 0 Å². The van der Waals surface area contributed by atoms with Crippen molar-refractivity contribution < 1.29 is 4.79 Å². The van der Waals surface area contributed by atoms with Crippen LogP contribution in [0.2, 0.25) is 4.34 Å². The standard InChI is InChI=1S/C13H17ClN2OS/c14-12-2-1-11(18-12)13(17)16-5-3-9-7-15-8-10(9)4-6-16/h1-2,9-10,15H,3-8H2/t9-,10+. The van der Waals surface area contributed by atoms with E-state index >= 15 is 0 Å². The van der Waals surface area contributed by atoms with Crippen molar-refractivity contribution in [2.24, 2.45) is 11.8 Å². The van der Waals surface area contributed by atoms with E-state index in [1.807, 2.05) is 11.0 Å². The molecule has 0 spiro atoms. The Labute approximate surface area is 116 Å².